The summed E-state index contributed by atoms with van der Waals surface area (Å²) >= 11 is 3.34. The summed E-state index contributed by atoms with van der Waals surface area (Å²) in [5.74, 6) is -0.706. The van der Waals surface area contributed by atoms with E-state index in [4.69, 9.17) is 5.26 Å². The SMILES string of the molecule is CN(CCC#N)C(=O)Cn1c(-c2cccc(Br)c2)noc1=O. The minimum Gasteiger partial charge on any atom is -0.343 e. The number of carbonyl (C=O) groups excluding carboxylic acids is 1. The largest absolute Gasteiger partial charge is 0.442 e. The van der Waals surface area contributed by atoms with E-state index < -0.39 is 5.76 Å². The minimum atomic E-state index is -0.697. The number of nitriles is 1. The summed E-state index contributed by atoms with van der Waals surface area (Å²) in [5.41, 5.74) is 0.660. The monoisotopic (exact) mass is 364 g/mol. The Morgan fingerprint density at radius 2 is 2.32 bits per heavy atom. The number of nitrogens with zero attached hydrogens (tertiary/aromatic N) is 4. The van der Waals surface area contributed by atoms with Crippen molar-refractivity contribution in [2.24, 2.45) is 0 Å². The van der Waals surface area contributed by atoms with E-state index in [0.29, 0.717) is 12.1 Å². The van der Waals surface area contributed by atoms with Crippen LogP contribution in [0.5, 0.6) is 0 Å². The van der Waals surface area contributed by atoms with Gasteiger partial charge in [-0.05, 0) is 12.1 Å². The Balaban J connectivity index is 2.26. The van der Waals surface area contributed by atoms with Gasteiger partial charge in [0, 0.05) is 23.6 Å². The summed E-state index contributed by atoms with van der Waals surface area (Å²) in [6.45, 7) is 0.119. The molecule has 8 heteroatoms. The average molecular weight is 365 g/mol. The predicted molar refractivity (Wildman–Crippen MR) is 81.8 cm³/mol. The number of hydrogen-bond acceptors (Lipinski definition) is 5. The molecule has 2 rings (SSSR count). The number of carbonyl (C=O) groups is 1. The first-order chi connectivity index (χ1) is 10.5. The standard InChI is InChI=1S/C14H13BrN4O3/c1-18(7-3-6-16)12(20)9-19-13(17-22-14(19)21)10-4-2-5-11(15)8-10/h2,4-5,8H,3,7,9H2,1H3. The van der Waals surface area contributed by atoms with Crippen molar-refractivity contribution >= 4 is 21.8 Å². The van der Waals surface area contributed by atoms with Gasteiger partial charge in [-0.15, -0.1) is 0 Å². The molecule has 1 heterocycles. The van der Waals surface area contributed by atoms with Gasteiger partial charge < -0.3 is 4.90 Å². The van der Waals surface area contributed by atoms with Gasteiger partial charge in [0.05, 0.1) is 12.5 Å². The maximum absolute atomic E-state index is 12.1. The van der Waals surface area contributed by atoms with Crippen molar-refractivity contribution < 1.29 is 9.32 Å². The smallest absolute Gasteiger partial charge is 0.343 e. The molecule has 0 saturated heterocycles. The fraction of sp³-hybridized carbons (Fsp3) is 0.286. The van der Waals surface area contributed by atoms with E-state index in [1.54, 1.807) is 25.2 Å². The maximum Gasteiger partial charge on any atom is 0.442 e. The van der Waals surface area contributed by atoms with Crippen LogP contribution in [0.15, 0.2) is 38.1 Å². The molecular weight excluding hydrogens is 352 g/mol. The zero-order valence-corrected chi connectivity index (χ0v) is 13.4. The second-order valence-corrected chi connectivity index (χ2v) is 5.51. The van der Waals surface area contributed by atoms with Gasteiger partial charge in [0.2, 0.25) is 5.91 Å². The van der Waals surface area contributed by atoms with Gasteiger partial charge in [0.25, 0.3) is 0 Å². The first-order valence-electron chi connectivity index (χ1n) is 6.46. The average Bonchev–Trinajstić information content (AvgIpc) is 2.86. The first-order valence-corrected chi connectivity index (χ1v) is 7.25. The maximum atomic E-state index is 12.1. The second-order valence-electron chi connectivity index (χ2n) is 4.59. The van der Waals surface area contributed by atoms with Crippen molar-refractivity contribution in [3.63, 3.8) is 0 Å². The number of benzene rings is 1. The van der Waals surface area contributed by atoms with Crippen molar-refractivity contribution in [3.8, 4) is 17.5 Å². The van der Waals surface area contributed by atoms with Gasteiger partial charge in [-0.1, -0.05) is 33.2 Å². The molecule has 0 fully saturated rings. The zero-order valence-electron chi connectivity index (χ0n) is 11.8. The van der Waals surface area contributed by atoms with Gasteiger partial charge in [0.15, 0.2) is 5.82 Å². The number of halogens is 1. The number of amides is 1. The van der Waals surface area contributed by atoms with Crippen molar-refractivity contribution in [2.45, 2.75) is 13.0 Å². The Morgan fingerprint density at radius 3 is 3.00 bits per heavy atom. The van der Waals surface area contributed by atoms with Gasteiger partial charge in [-0.2, -0.15) is 5.26 Å². The van der Waals surface area contributed by atoms with Crippen LogP contribution in [0.3, 0.4) is 0 Å². The molecule has 0 atom stereocenters. The third-order valence-corrected chi connectivity index (χ3v) is 3.54. The third-order valence-electron chi connectivity index (χ3n) is 3.05. The van der Waals surface area contributed by atoms with Crippen molar-refractivity contribution in [1.82, 2.24) is 14.6 Å². The van der Waals surface area contributed by atoms with Crippen molar-refractivity contribution in [3.05, 3.63) is 39.3 Å². The molecule has 1 amide bonds. The lowest BCUT2D eigenvalue weighted by Crippen LogP contribution is -2.33. The molecule has 7 nitrogen and oxygen atoms in total. The van der Waals surface area contributed by atoms with Crippen LogP contribution in [-0.4, -0.2) is 34.1 Å². The highest BCUT2D eigenvalue weighted by molar-refractivity contribution is 9.10. The van der Waals surface area contributed by atoms with Crippen LogP contribution in [0, 0.1) is 11.3 Å². The molecule has 22 heavy (non-hydrogen) atoms. The summed E-state index contributed by atoms with van der Waals surface area (Å²) in [5, 5.41) is 12.3. The summed E-state index contributed by atoms with van der Waals surface area (Å²) in [7, 11) is 1.58. The fourth-order valence-corrected chi connectivity index (χ4v) is 2.24. The minimum absolute atomic E-state index is 0.188. The molecule has 1 aromatic heterocycles. The first kappa shape index (κ1) is 16.0. The number of hydrogen-bond donors (Lipinski definition) is 0. The zero-order chi connectivity index (χ0) is 16.1. The molecule has 0 radical (unpaired) electrons. The molecule has 1 aromatic carbocycles. The van der Waals surface area contributed by atoms with Crippen LogP contribution >= 0.6 is 15.9 Å². The van der Waals surface area contributed by atoms with E-state index in [1.165, 1.54) is 9.47 Å². The van der Waals surface area contributed by atoms with Gasteiger partial charge in [-0.25, -0.2) is 9.36 Å². The van der Waals surface area contributed by atoms with Crippen LogP contribution in [0.25, 0.3) is 11.4 Å². The molecule has 0 bridgehead atoms. The topological polar surface area (TPSA) is 92.1 Å². The lowest BCUT2D eigenvalue weighted by atomic mass is 10.2. The molecule has 0 saturated carbocycles. The summed E-state index contributed by atoms with van der Waals surface area (Å²) in [6, 6.07) is 9.15. The Hall–Kier alpha value is -2.40. The second kappa shape index (κ2) is 7.04. The molecule has 0 aliphatic rings. The lowest BCUT2D eigenvalue weighted by Gasteiger charge is -2.15. The molecule has 2 aromatic rings. The highest BCUT2D eigenvalue weighted by Crippen LogP contribution is 2.20. The van der Waals surface area contributed by atoms with Crippen molar-refractivity contribution in [1.29, 1.82) is 5.26 Å². The third kappa shape index (κ3) is 3.62. The molecule has 0 unspecified atom stereocenters. The van der Waals surface area contributed by atoms with Crippen LogP contribution in [0.2, 0.25) is 0 Å². The van der Waals surface area contributed by atoms with Crippen molar-refractivity contribution in [2.75, 3.05) is 13.6 Å². The molecule has 0 aliphatic carbocycles. The summed E-state index contributed by atoms with van der Waals surface area (Å²) in [6.07, 6.45) is 0.235. The quantitative estimate of drug-likeness (QED) is 0.803. The van der Waals surface area contributed by atoms with E-state index in [0.717, 1.165) is 4.47 Å². The fourth-order valence-electron chi connectivity index (χ4n) is 1.84. The van der Waals surface area contributed by atoms with Gasteiger partial charge >= 0.3 is 5.76 Å². The number of likely N-dealkylation sites (N-methyl/N-ethyl adjacent to an activating group) is 1. The van der Waals surface area contributed by atoms with Crippen LogP contribution < -0.4 is 5.76 Å². The normalized spacial score (nSPS) is 10.2. The Bertz CT molecular complexity index is 775. The van der Waals surface area contributed by atoms with Crippen LogP contribution in [0.4, 0.5) is 0 Å². The lowest BCUT2D eigenvalue weighted by molar-refractivity contribution is -0.130. The van der Waals surface area contributed by atoms with Gasteiger partial charge in [0.1, 0.15) is 6.54 Å². The Labute approximate surface area is 134 Å². The Morgan fingerprint density at radius 1 is 1.55 bits per heavy atom. The molecule has 0 aliphatic heterocycles. The van der Waals surface area contributed by atoms with E-state index in [1.807, 2.05) is 12.1 Å². The van der Waals surface area contributed by atoms with E-state index in [2.05, 4.69) is 25.6 Å². The highest BCUT2D eigenvalue weighted by Gasteiger charge is 2.18. The van der Waals surface area contributed by atoms with E-state index in [9.17, 15) is 9.59 Å². The van der Waals surface area contributed by atoms with Crippen LogP contribution in [0.1, 0.15) is 6.42 Å². The number of aromatic nitrogens is 2. The Kier molecular flexibility index (Phi) is 5.12. The van der Waals surface area contributed by atoms with Gasteiger partial charge in [-0.3, -0.25) is 9.32 Å². The summed E-state index contributed by atoms with van der Waals surface area (Å²) < 4.78 is 6.67. The van der Waals surface area contributed by atoms with E-state index >= 15 is 0 Å². The molecule has 0 N–H and O–H groups in total. The molecular formula is C14H13BrN4O3. The van der Waals surface area contributed by atoms with Crippen LogP contribution in [-0.2, 0) is 11.3 Å². The highest BCUT2D eigenvalue weighted by atomic mass is 79.9. The van der Waals surface area contributed by atoms with E-state index in [-0.39, 0.29) is 24.7 Å². The molecule has 114 valence electrons. The summed E-state index contributed by atoms with van der Waals surface area (Å²) in [4.78, 5) is 25.3. The number of rotatable bonds is 5. The molecule has 0 spiro atoms. The predicted octanol–water partition coefficient (Wildman–Crippen LogP) is 1.64.